The first-order chi connectivity index (χ1) is 15.5. The number of nitrogens with zero attached hydrogens (tertiary/aromatic N) is 2. The van der Waals surface area contributed by atoms with Crippen LogP contribution in [0.5, 0.6) is 0 Å². The van der Waals surface area contributed by atoms with E-state index in [1.807, 2.05) is 6.07 Å². The van der Waals surface area contributed by atoms with Crippen LogP contribution in [0.2, 0.25) is 0 Å². The molecule has 0 aliphatic carbocycles. The second-order valence-corrected chi connectivity index (χ2v) is 7.42. The number of hydrogen-bond acceptors (Lipinski definition) is 5. The topological polar surface area (TPSA) is 83.6 Å². The highest BCUT2D eigenvalue weighted by molar-refractivity contribution is 6.07. The van der Waals surface area contributed by atoms with E-state index in [4.69, 9.17) is 4.74 Å². The number of anilines is 3. The first kappa shape index (κ1) is 21.5. The highest BCUT2D eigenvalue weighted by atomic mass is 19.1. The van der Waals surface area contributed by atoms with E-state index in [9.17, 15) is 14.0 Å². The summed E-state index contributed by atoms with van der Waals surface area (Å²) in [6.07, 6.45) is 1.72. The normalized spacial score (nSPS) is 13.5. The number of aromatic nitrogens is 1. The number of benzene rings is 2. The number of amides is 2. The fourth-order valence-electron chi connectivity index (χ4n) is 3.39. The molecule has 2 amide bonds. The summed E-state index contributed by atoms with van der Waals surface area (Å²) in [4.78, 5) is 31.7. The third kappa shape index (κ3) is 4.92. The van der Waals surface area contributed by atoms with E-state index in [1.54, 1.807) is 43.5 Å². The second kappa shape index (κ2) is 9.57. The maximum atomic E-state index is 13.9. The van der Waals surface area contributed by atoms with Crippen LogP contribution in [0, 0.1) is 12.7 Å². The van der Waals surface area contributed by atoms with Crippen LogP contribution in [0.3, 0.4) is 0 Å². The molecule has 2 heterocycles. The molecule has 2 N–H and O–H groups in total. The van der Waals surface area contributed by atoms with Gasteiger partial charge in [-0.1, -0.05) is 18.2 Å². The molecule has 2 aromatic carbocycles. The average Bonchev–Trinajstić information content (AvgIpc) is 2.81. The van der Waals surface area contributed by atoms with Gasteiger partial charge in [-0.15, -0.1) is 0 Å². The zero-order valence-electron chi connectivity index (χ0n) is 17.6. The lowest BCUT2D eigenvalue weighted by Gasteiger charge is -2.28. The van der Waals surface area contributed by atoms with Crippen LogP contribution in [0.15, 0.2) is 60.8 Å². The SMILES string of the molecule is Cc1ccc(C(=O)Nc2ccc(N3CCOCC3)cn2)cc1NC(=O)c1ccccc1F. The second-order valence-electron chi connectivity index (χ2n) is 7.42. The van der Waals surface area contributed by atoms with Crippen LogP contribution in [-0.2, 0) is 4.74 Å². The molecule has 0 unspecified atom stereocenters. The first-order valence-electron chi connectivity index (χ1n) is 10.3. The number of pyridine rings is 1. The van der Waals surface area contributed by atoms with Crippen molar-refractivity contribution in [2.75, 3.05) is 41.8 Å². The Kier molecular flexibility index (Phi) is 6.42. The molecule has 0 spiro atoms. The molecule has 32 heavy (non-hydrogen) atoms. The summed E-state index contributed by atoms with van der Waals surface area (Å²) in [5, 5.41) is 5.44. The summed E-state index contributed by atoms with van der Waals surface area (Å²) in [6.45, 7) is 4.77. The summed E-state index contributed by atoms with van der Waals surface area (Å²) < 4.78 is 19.3. The summed E-state index contributed by atoms with van der Waals surface area (Å²) in [6, 6.07) is 14.3. The molecule has 1 saturated heterocycles. The van der Waals surface area contributed by atoms with Gasteiger partial charge in [-0.3, -0.25) is 9.59 Å². The van der Waals surface area contributed by atoms with Crippen molar-refractivity contribution < 1.29 is 18.7 Å². The van der Waals surface area contributed by atoms with E-state index < -0.39 is 11.7 Å². The number of carbonyl (C=O) groups excluding carboxylic acids is 2. The molecule has 0 radical (unpaired) electrons. The number of hydrogen-bond donors (Lipinski definition) is 2. The molecule has 1 aromatic heterocycles. The van der Waals surface area contributed by atoms with E-state index in [0.29, 0.717) is 30.3 Å². The Hall–Kier alpha value is -3.78. The number of nitrogens with one attached hydrogen (secondary N) is 2. The molecule has 0 saturated carbocycles. The number of halogens is 1. The van der Waals surface area contributed by atoms with E-state index in [1.165, 1.54) is 18.2 Å². The monoisotopic (exact) mass is 434 g/mol. The maximum absolute atomic E-state index is 13.9. The molecule has 1 aliphatic heterocycles. The van der Waals surface area contributed by atoms with Crippen molar-refractivity contribution in [3.8, 4) is 0 Å². The van der Waals surface area contributed by atoms with Crippen LogP contribution in [0.25, 0.3) is 0 Å². The van der Waals surface area contributed by atoms with Crippen molar-refractivity contribution in [2.45, 2.75) is 6.92 Å². The standard InChI is InChI=1S/C24H23FN4O3/c1-16-6-7-17(14-21(16)27-24(31)19-4-2-3-5-20(19)25)23(30)28-22-9-8-18(15-26-22)29-10-12-32-13-11-29/h2-9,14-15H,10-13H2,1H3,(H,27,31)(H,26,28,30). The summed E-state index contributed by atoms with van der Waals surface area (Å²) in [5.74, 6) is -1.13. The van der Waals surface area contributed by atoms with E-state index >= 15 is 0 Å². The van der Waals surface area contributed by atoms with Crippen molar-refractivity contribution in [1.29, 1.82) is 0 Å². The van der Waals surface area contributed by atoms with Gasteiger partial charge in [0, 0.05) is 24.3 Å². The quantitative estimate of drug-likeness (QED) is 0.637. The average molecular weight is 434 g/mol. The van der Waals surface area contributed by atoms with E-state index in [-0.39, 0.29) is 11.5 Å². The van der Waals surface area contributed by atoms with Gasteiger partial charge < -0.3 is 20.3 Å². The predicted octanol–water partition coefficient (Wildman–Crippen LogP) is 3.87. The molecule has 4 rings (SSSR count). The minimum atomic E-state index is -0.608. The maximum Gasteiger partial charge on any atom is 0.258 e. The van der Waals surface area contributed by atoms with Crippen molar-refractivity contribution in [3.63, 3.8) is 0 Å². The third-order valence-corrected chi connectivity index (χ3v) is 5.23. The van der Waals surface area contributed by atoms with E-state index in [2.05, 4.69) is 20.5 Å². The Bertz CT molecular complexity index is 1130. The molecule has 164 valence electrons. The fraction of sp³-hybridized carbons (Fsp3) is 0.208. The van der Waals surface area contributed by atoms with Crippen LogP contribution >= 0.6 is 0 Å². The largest absolute Gasteiger partial charge is 0.378 e. The van der Waals surface area contributed by atoms with Gasteiger partial charge in [0.25, 0.3) is 11.8 Å². The van der Waals surface area contributed by atoms with Crippen LogP contribution in [0.4, 0.5) is 21.6 Å². The molecule has 8 heteroatoms. The van der Waals surface area contributed by atoms with Crippen molar-refractivity contribution in [2.24, 2.45) is 0 Å². The molecule has 1 fully saturated rings. The minimum Gasteiger partial charge on any atom is -0.378 e. The molecule has 3 aromatic rings. The lowest BCUT2D eigenvalue weighted by Crippen LogP contribution is -2.36. The molecule has 0 atom stereocenters. The van der Waals surface area contributed by atoms with Gasteiger partial charge in [0.05, 0.1) is 30.7 Å². The Labute approximate surface area is 185 Å². The molecule has 1 aliphatic rings. The van der Waals surface area contributed by atoms with Gasteiger partial charge in [0.15, 0.2) is 0 Å². The lowest BCUT2D eigenvalue weighted by atomic mass is 10.1. The predicted molar refractivity (Wildman–Crippen MR) is 121 cm³/mol. The van der Waals surface area contributed by atoms with Crippen molar-refractivity contribution >= 4 is 29.0 Å². The van der Waals surface area contributed by atoms with Gasteiger partial charge in [0.1, 0.15) is 11.6 Å². The van der Waals surface area contributed by atoms with Crippen LogP contribution in [0.1, 0.15) is 26.3 Å². The van der Waals surface area contributed by atoms with Gasteiger partial charge in [-0.25, -0.2) is 9.37 Å². The number of aryl methyl sites for hydroxylation is 1. The highest BCUT2D eigenvalue weighted by Gasteiger charge is 2.15. The lowest BCUT2D eigenvalue weighted by molar-refractivity contribution is 0.101. The number of ether oxygens (including phenoxy) is 1. The van der Waals surface area contributed by atoms with Gasteiger partial charge in [-0.05, 0) is 48.9 Å². The molecular weight excluding hydrogens is 411 g/mol. The summed E-state index contributed by atoms with van der Waals surface area (Å²) >= 11 is 0. The zero-order valence-corrected chi connectivity index (χ0v) is 17.6. The molecular formula is C24H23FN4O3. The Morgan fingerprint density at radius 3 is 2.50 bits per heavy atom. The number of rotatable bonds is 5. The van der Waals surface area contributed by atoms with Crippen LogP contribution < -0.4 is 15.5 Å². The zero-order chi connectivity index (χ0) is 22.5. The van der Waals surface area contributed by atoms with Gasteiger partial charge in [0.2, 0.25) is 0 Å². The smallest absolute Gasteiger partial charge is 0.258 e. The first-order valence-corrected chi connectivity index (χ1v) is 10.3. The van der Waals surface area contributed by atoms with Gasteiger partial charge in [-0.2, -0.15) is 0 Å². The van der Waals surface area contributed by atoms with Crippen molar-refractivity contribution in [1.82, 2.24) is 4.98 Å². The fourth-order valence-corrected chi connectivity index (χ4v) is 3.39. The molecule has 0 bridgehead atoms. The Morgan fingerprint density at radius 1 is 1.00 bits per heavy atom. The summed E-state index contributed by atoms with van der Waals surface area (Å²) in [5.41, 5.74) is 2.44. The van der Waals surface area contributed by atoms with Crippen molar-refractivity contribution in [3.05, 3.63) is 83.3 Å². The van der Waals surface area contributed by atoms with E-state index in [0.717, 1.165) is 24.3 Å². The number of morpholine rings is 1. The summed E-state index contributed by atoms with van der Waals surface area (Å²) in [7, 11) is 0. The third-order valence-electron chi connectivity index (χ3n) is 5.23. The number of carbonyl (C=O) groups is 2. The Morgan fingerprint density at radius 2 is 1.78 bits per heavy atom. The highest BCUT2D eigenvalue weighted by Crippen LogP contribution is 2.21. The van der Waals surface area contributed by atoms with Gasteiger partial charge >= 0.3 is 0 Å². The molecule has 7 nitrogen and oxygen atoms in total. The minimum absolute atomic E-state index is 0.0636. The van der Waals surface area contributed by atoms with Crippen LogP contribution in [-0.4, -0.2) is 43.1 Å². The Balaban J connectivity index is 1.45.